The molecule has 1 aromatic heterocycles. The van der Waals surface area contributed by atoms with Crippen LogP contribution in [-0.2, 0) is 54.8 Å². The molecule has 0 saturated carbocycles. The average Bonchev–Trinajstić information content (AvgIpc) is 3.08. The van der Waals surface area contributed by atoms with Crippen molar-refractivity contribution in [3.63, 3.8) is 0 Å². The van der Waals surface area contributed by atoms with Gasteiger partial charge in [0.05, 0.1) is 37.6 Å². The van der Waals surface area contributed by atoms with Crippen LogP contribution in [0.2, 0.25) is 0 Å². The normalized spacial score (nSPS) is 12.0. The van der Waals surface area contributed by atoms with Crippen molar-refractivity contribution in [2.45, 2.75) is 19.6 Å². The Bertz CT molecular complexity index is 3140. The van der Waals surface area contributed by atoms with E-state index in [1.807, 2.05) is 0 Å². The van der Waals surface area contributed by atoms with Crippen molar-refractivity contribution in [1.29, 1.82) is 0 Å². The number of aromatic nitrogens is 3. The van der Waals surface area contributed by atoms with Crippen molar-refractivity contribution in [3.05, 3.63) is 72.8 Å². The summed E-state index contributed by atoms with van der Waals surface area (Å²) in [5, 5.41) is 13.5. The molecular weight excluding hydrogens is 990 g/mol. The molecule has 0 saturated heterocycles. The molecule has 0 atom stereocenters. The minimum absolute atomic E-state index is 0. The zero-order valence-corrected chi connectivity index (χ0v) is 44.6. The largest absolute Gasteiger partial charge is 1.00 e. The standard InChI is InChI=1S/C28H24FN9O16S5.4Na/c29-25-34-27(31-15-1-4-17(5-2-15)55(40,41)8-7-54-59(51,52)53)36-28(35-25)32-16-3-6-20(21(11-16)33-26(30)39)37-38-22-13-19-14(10-24(22)58(48,49)50)9-18(56(42,43)44)12-23(19)57(45,46)47;;;;/h1-6,9-13H,7-8H2,(H3,30,33,39)(H,42,43,44)(H,45,46,47)(H,48,49,50)(H,51,52,53)(H2,31,32,34,35,36);;;;/q;4*+1/p-4. The van der Waals surface area contributed by atoms with Crippen LogP contribution in [-0.4, -0.2) is 93.6 Å². The molecular formula is C28H20FN9Na4O16S5. The Balaban J connectivity index is 0.00000496. The van der Waals surface area contributed by atoms with Crippen LogP contribution in [0, 0.1) is 6.08 Å². The number of carbonyl (C=O) groups excluding carboxylic acids is 1. The van der Waals surface area contributed by atoms with E-state index >= 15 is 0 Å². The fourth-order valence-corrected chi connectivity index (χ4v) is 8.25. The van der Waals surface area contributed by atoms with E-state index in [1.54, 1.807) is 0 Å². The van der Waals surface area contributed by atoms with E-state index in [2.05, 4.69) is 45.3 Å². The summed E-state index contributed by atoms with van der Waals surface area (Å²) in [5.41, 5.74) is 3.91. The van der Waals surface area contributed by atoms with Gasteiger partial charge < -0.3 is 39.9 Å². The van der Waals surface area contributed by atoms with Crippen molar-refractivity contribution >= 4 is 108 Å². The first-order valence-corrected chi connectivity index (χ1v) is 22.4. The van der Waals surface area contributed by atoms with E-state index in [9.17, 15) is 69.5 Å². The quantitative estimate of drug-likeness (QED) is 0.0327. The number of hydrogen-bond donors (Lipinski definition) is 4. The van der Waals surface area contributed by atoms with Gasteiger partial charge in [-0.15, -0.1) is 10.2 Å². The molecule has 0 aliphatic rings. The fraction of sp³-hybridized carbons (Fsp3) is 0.0714. The van der Waals surface area contributed by atoms with E-state index in [1.165, 1.54) is 18.2 Å². The molecule has 0 radical (unpaired) electrons. The number of amides is 2. The maximum absolute atomic E-state index is 14.5. The molecule has 314 valence electrons. The summed E-state index contributed by atoms with van der Waals surface area (Å²) < 4.78 is 182. The van der Waals surface area contributed by atoms with Gasteiger partial charge >= 0.3 is 130 Å². The van der Waals surface area contributed by atoms with Gasteiger partial charge in [0.15, 0.2) is 9.84 Å². The number of benzene rings is 4. The van der Waals surface area contributed by atoms with E-state index in [4.69, 9.17) is 5.73 Å². The number of nitrogens with one attached hydrogen (secondary N) is 3. The number of azo groups is 1. The monoisotopic (exact) mass is 1010 g/mol. The number of primary amides is 1. The molecule has 5 N–H and O–H groups in total. The van der Waals surface area contributed by atoms with E-state index < -0.39 is 118 Å². The number of halogens is 1. The predicted molar refractivity (Wildman–Crippen MR) is 192 cm³/mol. The summed E-state index contributed by atoms with van der Waals surface area (Å²) in [5.74, 6) is -1.71. The summed E-state index contributed by atoms with van der Waals surface area (Å²) in [6.45, 7) is -0.923. The van der Waals surface area contributed by atoms with Gasteiger partial charge in [-0.2, -0.15) is 19.3 Å². The summed E-state index contributed by atoms with van der Waals surface area (Å²) in [4.78, 5) is 18.8. The molecule has 35 heteroatoms. The van der Waals surface area contributed by atoms with Crippen LogP contribution >= 0.6 is 0 Å². The zero-order chi connectivity index (χ0) is 43.7. The number of nitrogens with two attached hydrogens (primary N) is 1. The fourth-order valence-electron chi connectivity index (χ4n) is 4.82. The average molecular weight is 1010 g/mol. The predicted octanol–water partition coefficient (Wildman–Crippen LogP) is -10.5. The van der Waals surface area contributed by atoms with Crippen LogP contribution in [0.15, 0.2) is 96.5 Å². The molecule has 63 heavy (non-hydrogen) atoms. The van der Waals surface area contributed by atoms with Crippen LogP contribution in [0.5, 0.6) is 0 Å². The number of urea groups is 1. The molecule has 0 aliphatic heterocycles. The molecule has 2 amide bonds. The molecule has 0 fully saturated rings. The first kappa shape index (κ1) is 59.1. The Morgan fingerprint density at radius 1 is 0.651 bits per heavy atom. The maximum Gasteiger partial charge on any atom is 1.00 e. The van der Waals surface area contributed by atoms with Gasteiger partial charge in [-0.3, -0.25) is 4.18 Å². The van der Waals surface area contributed by atoms with Crippen LogP contribution < -0.4 is 140 Å². The topological polar surface area (TPSA) is 415 Å². The number of fused-ring (bicyclic) bond motifs is 1. The molecule has 5 rings (SSSR count). The van der Waals surface area contributed by atoms with Gasteiger partial charge in [-0.05, 0) is 72.1 Å². The van der Waals surface area contributed by atoms with Gasteiger partial charge in [0.2, 0.25) is 22.3 Å². The van der Waals surface area contributed by atoms with Crippen LogP contribution in [0.25, 0.3) is 10.8 Å². The molecule has 0 spiro atoms. The molecule has 4 aromatic carbocycles. The Morgan fingerprint density at radius 2 is 1.19 bits per heavy atom. The van der Waals surface area contributed by atoms with E-state index in [-0.39, 0.29) is 152 Å². The second kappa shape index (κ2) is 23.2. The van der Waals surface area contributed by atoms with Crippen molar-refractivity contribution in [2.24, 2.45) is 16.0 Å². The number of rotatable bonds is 15. The first-order valence-electron chi connectivity index (χ1n) is 15.2. The maximum atomic E-state index is 14.5. The van der Waals surface area contributed by atoms with Gasteiger partial charge in [0.1, 0.15) is 41.7 Å². The molecule has 25 nitrogen and oxygen atoms in total. The van der Waals surface area contributed by atoms with Gasteiger partial charge in [-0.25, -0.2) is 46.9 Å². The molecule has 5 aromatic rings. The third kappa shape index (κ3) is 16.7. The summed E-state index contributed by atoms with van der Waals surface area (Å²) in [7, 11) is -25.6. The van der Waals surface area contributed by atoms with Crippen LogP contribution in [0.1, 0.15) is 0 Å². The number of hydrogen-bond acceptors (Lipinski definition) is 23. The number of sulfone groups is 1. The minimum Gasteiger partial charge on any atom is -0.744 e. The van der Waals surface area contributed by atoms with Crippen LogP contribution in [0.4, 0.5) is 49.5 Å². The second-order valence-corrected chi connectivity index (χ2v) is 18.6. The summed E-state index contributed by atoms with van der Waals surface area (Å²) in [6.07, 6.45) is -1.32. The van der Waals surface area contributed by atoms with Crippen molar-refractivity contribution in [3.8, 4) is 0 Å². The summed E-state index contributed by atoms with van der Waals surface area (Å²) in [6, 6.07) is 8.74. The van der Waals surface area contributed by atoms with Crippen molar-refractivity contribution in [2.75, 3.05) is 28.3 Å². The van der Waals surface area contributed by atoms with E-state index in [0.29, 0.717) is 18.2 Å². The Labute approximate surface area is 445 Å². The number of carbonyl (C=O) groups is 1. The number of anilines is 5. The van der Waals surface area contributed by atoms with Crippen molar-refractivity contribution in [1.82, 2.24) is 15.0 Å². The second-order valence-electron chi connectivity index (χ2n) is 11.3. The Kier molecular flexibility index (Phi) is 21.8. The smallest absolute Gasteiger partial charge is 0.744 e. The third-order valence-corrected chi connectivity index (χ3v) is 11.9. The van der Waals surface area contributed by atoms with E-state index in [0.717, 1.165) is 24.3 Å². The van der Waals surface area contributed by atoms with Crippen molar-refractivity contribution < 1.29 is 192 Å². The number of nitrogens with zero attached hydrogens (tertiary/aromatic N) is 5. The minimum atomic E-state index is -5.54. The molecule has 1 heterocycles. The summed E-state index contributed by atoms with van der Waals surface area (Å²) >= 11 is 0. The third-order valence-electron chi connectivity index (χ3n) is 7.23. The van der Waals surface area contributed by atoms with Gasteiger partial charge in [0.25, 0.3) is 0 Å². The van der Waals surface area contributed by atoms with Gasteiger partial charge in [0, 0.05) is 16.8 Å². The molecule has 0 unspecified atom stereocenters. The van der Waals surface area contributed by atoms with Crippen LogP contribution in [0.3, 0.4) is 0 Å². The Morgan fingerprint density at radius 3 is 1.71 bits per heavy atom. The Hall–Kier alpha value is -1.90. The zero-order valence-electron chi connectivity index (χ0n) is 32.5. The SMILES string of the molecule is NC(=O)Nc1cc(Nc2nc(F)nc(Nc3ccc(S(=O)(=O)CCOS(=O)(=O)[O-])cc3)n2)ccc1N=Nc1cc2c(S(=O)(=O)[O-])cc(S(=O)(=O)[O-])cc2cc1S(=O)(=O)[O-].[Na+].[Na+].[Na+].[Na+]. The molecule has 0 bridgehead atoms. The van der Waals surface area contributed by atoms with Gasteiger partial charge in [-0.1, -0.05) is 0 Å². The first-order chi connectivity index (χ1) is 27.2. The molecule has 0 aliphatic carbocycles.